The smallest absolute Gasteiger partial charge is 0.119 e. The van der Waals surface area contributed by atoms with Crippen molar-refractivity contribution in [3.05, 3.63) is 65.2 Å². The lowest BCUT2D eigenvalue weighted by Gasteiger charge is -2.07. The van der Waals surface area contributed by atoms with Crippen molar-refractivity contribution in [2.24, 2.45) is 0 Å². The van der Waals surface area contributed by atoms with Gasteiger partial charge in [-0.1, -0.05) is 88.8 Å². The van der Waals surface area contributed by atoms with Crippen LogP contribution in [0.15, 0.2) is 48.5 Å². The van der Waals surface area contributed by atoms with Crippen molar-refractivity contribution in [2.45, 2.75) is 65.2 Å². The summed E-state index contributed by atoms with van der Waals surface area (Å²) < 4.78 is 5.83. The molecule has 0 atom stereocenters. The van der Waals surface area contributed by atoms with Gasteiger partial charge in [-0.3, -0.25) is 0 Å². The van der Waals surface area contributed by atoms with Crippen LogP contribution in [0.25, 0.3) is 11.6 Å². The van der Waals surface area contributed by atoms with Crippen molar-refractivity contribution >= 4 is 11.6 Å². The van der Waals surface area contributed by atoms with Crippen LogP contribution in [0, 0.1) is 11.3 Å². The molecule has 0 spiro atoms. The third-order valence-corrected chi connectivity index (χ3v) is 4.88. The molecular weight excluding hydrogens is 342 g/mol. The van der Waals surface area contributed by atoms with Gasteiger partial charge >= 0.3 is 0 Å². The number of hydrogen-bond acceptors (Lipinski definition) is 2. The van der Waals surface area contributed by atoms with Crippen LogP contribution in [0.3, 0.4) is 0 Å². The number of aryl methyl sites for hydroxylation is 1. The van der Waals surface area contributed by atoms with Crippen LogP contribution in [0.5, 0.6) is 5.75 Å². The van der Waals surface area contributed by atoms with Gasteiger partial charge in [0, 0.05) is 0 Å². The van der Waals surface area contributed by atoms with Crippen molar-refractivity contribution in [3.8, 4) is 11.8 Å². The Morgan fingerprint density at radius 1 is 0.857 bits per heavy atom. The highest BCUT2D eigenvalue weighted by Crippen LogP contribution is 2.21. The second kappa shape index (κ2) is 12.8. The molecule has 2 rings (SSSR count). The number of rotatable bonds is 12. The summed E-state index contributed by atoms with van der Waals surface area (Å²) in [6, 6.07) is 18.6. The van der Waals surface area contributed by atoms with Crippen molar-refractivity contribution in [1.29, 1.82) is 5.26 Å². The van der Waals surface area contributed by atoms with Crippen LogP contribution >= 0.6 is 0 Å². The number of ether oxygens (including phenoxy) is 1. The predicted octanol–water partition coefficient (Wildman–Crippen LogP) is 7.44. The van der Waals surface area contributed by atoms with E-state index >= 15 is 0 Å². The van der Waals surface area contributed by atoms with Crippen LogP contribution in [-0.4, -0.2) is 6.61 Å². The van der Waals surface area contributed by atoms with Gasteiger partial charge in [0.15, 0.2) is 0 Å². The first-order valence-corrected chi connectivity index (χ1v) is 10.7. The molecule has 2 nitrogen and oxygen atoms in total. The summed E-state index contributed by atoms with van der Waals surface area (Å²) >= 11 is 0. The lowest BCUT2D eigenvalue weighted by Crippen LogP contribution is -1.97. The topological polar surface area (TPSA) is 33.0 Å². The van der Waals surface area contributed by atoms with Gasteiger partial charge in [0.25, 0.3) is 0 Å². The van der Waals surface area contributed by atoms with Crippen LogP contribution in [0.4, 0.5) is 0 Å². The molecule has 0 unspecified atom stereocenters. The van der Waals surface area contributed by atoms with Crippen molar-refractivity contribution < 1.29 is 4.74 Å². The standard InChI is InChI=1S/C26H33NO/c1-3-5-6-7-8-9-19-28-26-17-13-23(14-18-26)20-25(21-27)24-15-11-22(10-4-2)12-16-24/h11-18,20H,3-10,19H2,1-2H3. The summed E-state index contributed by atoms with van der Waals surface area (Å²) in [7, 11) is 0. The second-order valence-corrected chi connectivity index (χ2v) is 7.30. The molecule has 0 radical (unpaired) electrons. The zero-order chi connectivity index (χ0) is 20.0. The van der Waals surface area contributed by atoms with Crippen molar-refractivity contribution in [2.75, 3.05) is 6.61 Å². The van der Waals surface area contributed by atoms with Gasteiger partial charge in [-0.15, -0.1) is 0 Å². The largest absolute Gasteiger partial charge is 0.494 e. The first kappa shape index (κ1) is 21.8. The van der Waals surface area contributed by atoms with Crippen LogP contribution in [0.2, 0.25) is 0 Å². The average Bonchev–Trinajstić information content (AvgIpc) is 2.73. The number of nitrogens with zero attached hydrogens (tertiary/aromatic N) is 1. The van der Waals surface area contributed by atoms with Gasteiger partial charge in [0.05, 0.1) is 18.2 Å². The lowest BCUT2D eigenvalue weighted by atomic mass is 10.0. The fourth-order valence-electron chi connectivity index (χ4n) is 3.22. The maximum Gasteiger partial charge on any atom is 0.119 e. The molecule has 2 aromatic carbocycles. The molecule has 28 heavy (non-hydrogen) atoms. The van der Waals surface area contributed by atoms with Gasteiger partial charge in [0.2, 0.25) is 0 Å². The van der Waals surface area contributed by atoms with E-state index in [-0.39, 0.29) is 0 Å². The Hall–Kier alpha value is -2.53. The molecule has 0 saturated carbocycles. The van der Waals surface area contributed by atoms with Gasteiger partial charge in [0.1, 0.15) is 5.75 Å². The fraction of sp³-hybridized carbons (Fsp3) is 0.423. The fourth-order valence-corrected chi connectivity index (χ4v) is 3.22. The monoisotopic (exact) mass is 375 g/mol. The summed E-state index contributed by atoms with van der Waals surface area (Å²) in [4.78, 5) is 0. The first-order valence-electron chi connectivity index (χ1n) is 10.7. The maximum atomic E-state index is 9.55. The van der Waals surface area contributed by atoms with Crippen molar-refractivity contribution in [1.82, 2.24) is 0 Å². The van der Waals surface area contributed by atoms with E-state index in [1.165, 1.54) is 37.7 Å². The summed E-state index contributed by atoms with van der Waals surface area (Å²) in [5.74, 6) is 0.896. The number of benzene rings is 2. The highest BCUT2D eigenvalue weighted by molar-refractivity contribution is 5.89. The van der Waals surface area contributed by atoms with Crippen LogP contribution in [0.1, 0.15) is 75.5 Å². The highest BCUT2D eigenvalue weighted by atomic mass is 16.5. The Morgan fingerprint density at radius 3 is 2.18 bits per heavy atom. The summed E-state index contributed by atoms with van der Waals surface area (Å²) in [6.07, 6.45) is 11.8. The molecular formula is C26H33NO. The van der Waals surface area contributed by atoms with Gasteiger partial charge < -0.3 is 4.74 Å². The molecule has 0 heterocycles. The molecule has 0 aromatic heterocycles. The number of allylic oxidation sites excluding steroid dienone is 1. The summed E-state index contributed by atoms with van der Waals surface area (Å²) in [6.45, 7) is 5.19. The molecule has 2 heteroatoms. The molecule has 0 fully saturated rings. The van der Waals surface area contributed by atoms with Gasteiger partial charge in [-0.05, 0) is 47.7 Å². The lowest BCUT2D eigenvalue weighted by molar-refractivity contribution is 0.304. The Kier molecular flexibility index (Phi) is 9.94. The Balaban J connectivity index is 1.88. The average molecular weight is 376 g/mol. The Labute approximate surface area is 170 Å². The normalized spacial score (nSPS) is 11.2. The minimum Gasteiger partial charge on any atom is -0.494 e. The van der Waals surface area contributed by atoms with E-state index < -0.39 is 0 Å². The zero-order valence-corrected chi connectivity index (χ0v) is 17.4. The third-order valence-electron chi connectivity index (χ3n) is 4.88. The van der Waals surface area contributed by atoms with E-state index in [1.807, 2.05) is 42.5 Å². The molecule has 0 bridgehead atoms. The van der Waals surface area contributed by atoms with E-state index in [4.69, 9.17) is 4.74 Å². The minimum atomic E-state index is 0.684. The second-order valence-electron chi connectivity index (χ2n) is 7.30. The minimum absolute atomic E-state index is 0.684. The van der Waals surface area contributed by atoms with Gasteiger partial charge in [-0.2, -0.15) is 5.26 Å². The molecule has 0 aliphatic heterocycles. The first-order chi connectivity index (χ1) is 13.8. The van der Waals surface area contributed by atoms with Gasteiger partial charge in [-0.25, -0.2) is 0 Å². The molecule has 0 aliphatic rings. The van der Waals surface area contributed by atoms with E-state index in [0.717, 1.165) is 42.7 Å². The molecule has 0 aliphatic carbocycles. The number of nitriles is 1. The zero-order valence-electron chi connectivity index (χ0n) is 17.4. The van der Waals surface area contributed by atoms with Crippen LogP contribution < -0.4 is 4.74 Å². The quantitative estimate of drug-likeness (QED) is 0.219. The van der Waals surface area contributed by atoms with E-state index in [1.54, 1.807) is 0 Å². The molecule has 0 amide bonds. The Morgan fingerprint density at radius 2 is 1.54 bits per heavy atom. The van der Waals surface area contributed by atoms with E-state index in [0.29, 0.717) is 5.57 Å². The van der Waals surface area contributed by atoms with Crippen molar-refractivity contribution in [3.63, 3.8) is 0 Å². The number of hydrogen-bond donors (Lipinski definition) is 0. The summed E-state index contributed by atoms with van der Waals surface area (Å²) in [5.41, 5.74) is 3.98. The van der Waals surface area contributed by atoms with E-state index in [9.17, 15) is 5.26 Å². The molecule has 0 saturated heterocycles. The van der Waals surface area contributed by atoms with Crippen LogP contribution in [-0.2, 0) is 6.42 Å². The summed E-state index contributed by atoms with van der Waals surface area (Å²) in [5, 5.41) is 9.55. The molecule has 2 aromatic rings. The van der Waals surface area contributed by atoms with E-state index in [2.05, 4.69) is 32.0 Å². The highest BCUT2D eigenvalue weighted by Gasteiger charge is 2.02. The third kappa shape index (κ3) is 7.61. The molecule has 0 N–H and O–H groups in total. The SMILES string of the molecule is CCCCCCCCOc1ccc(C=C(C#N)c2ccc(CCC)cc2)cc1. The maximum absolute atomic E-state index is 9.55. The number of unbranched alkanes of at least 4 members (excludes halogenated alkanes) is 5. The predicted molar refractivity (Wildman–Crippen MR) is 119 cm³/mol. The Bertz CT molecular complexity index is 751. The molecule has 148 valence electrons.